The Morgan fingerprint density at radius 3 is 2.83 bits per heavy atom. The van der Waals surface area contributed by atoms with Crippen molar-refractivity contribution in [3.05, 3.63) is 60.6 Å². The van der Waals surface area contributed by atoms with Gasteiger partial charge in [-0.3, -0.25) is 14.5 Å². The number of aromatic nitrogens is 3. The molecule has 7 heteroatoms. The Balaban J connectivity index is 1.66. The van der Waals surface area contributed by atoms with Crippen LogP contribution < -0.4 is 5.32 Å². The predicted molar refractivity (Wildman–Crippen MR) is 113 cm³/mol. The third kappa shape index (κ3) is 4.05. The maximum absolute atomic E-state index is 12.5. The Morgan fingerprint density at radius 2 is 2.07 bits per heavy atom. The van der Waals surface area contributed by atoms with Gasteiger partial charge in [-0.05, 0) is 37.9 Å². The monoisotopic (exact) mass is 389 g/mol. The molecule has 1 N–H and O–H groups in total. The van der Waals surface area contributed by atoms with Gasteiger partial charge in [-0.1, -0.05) is 12.1 Å². The summed E-state index contributed by atoms with van der Waals surface area (Å²) < 4.78 is 7.85. The fraction of sp³-hybridized carbons (Fsp3) is 0.227. The number of benzene rings is 1. The van der Waals surface area contributed by atoms with Crippen LogP contribution >= 0.6 is 0 Å². The minimum absolute atomic E-state index is 0.0884. The van der Waals surface area contributed by atoms with E-state index < -0.39 is 0 Å². The molecule has 0 saturated carbocycles. The molecule has 0 atom stereocenters. The van der Waals surface area contributed by atoms with E-state index in [1.54, 1.807) is 17.1 Å². The quantitative estimate of drug-likeness (QED) is 0.548. The number of nitrogens with one attached hydrogen (secondary N) is 1. The number of amides is 1. The molecule has 0 aliphatic rings. The van der Waals surface area contributed by atoms with Crippen LogP contribution in [-0.4, -0.2) is 52.8 Å². The van der Waals surface area contributed by atoms with Crippen LogP contribution in [0.2, 0.25) is 0 Å². The van der Waals surface area contributed by atoms with Crippen molar-refractivity contribution in [2.75, 3.05) is 27.2 Å². The maximum Gasteiger partial charge on any atom is 0.251 e. The molecule has 0 aliphatic heterocycles. The van der Waals surface area contributed by atoms with Gasteiger partial charge in [0.25, 0.3) is 5.91 Å². The molecule has 0 unspecified atom stereocenters. The van der Waals surface area contributed by atoms with Gasteiger partial charge in [0.05, 0.1) is 11.8 Å². The summed E-state index contributed by atoms with van der Waals surface area (Å²) >= 11 is 0. The Kier molecular flexibility index (Phi) is 5.14. The van der Waals surface area contributed by atoms with Crippen LogP contribution in [0.25, 0.3) is 33.6 Å². The van der Waals surface area contributed by atoms with Crippen molar-refractivity contribution in [3.63, 3.8) is 0 Å². The SMILES string of the molecule is CN(C)CCNC(=O)c1cccc(-c2ccnc3cc(-c4cnn(C)c4)oc23)c1. The van der Waals surface area contributed by atoms with Gasteiger partial charge < -0.3 is 14.6 Å². The second kappa shape index (κ2) is 7.89. The first kappa shape index (κ1) is 18.9. The molecular weight excluding hydrogens is 366 g/mol. The second-order valence-electron chi connectivity index (χ2n) is 7.23. The number of pyridine rings is 1. The van der Waals surface area contributed by atoms with E-state index in [1.165, 1.54) is 0 Å². The van der Waals surface area contributed by atoms with Crippen molar-refractivity contribution in [3.8, 4) is 22.5 Å². The van der Waals surface area contributed by atoms with E-state index in [2.05, 4.69) is 15.4 Å². The number of hydrogen-bond donors (Lipinski definition) is 1. The highest BCUT2D eigenvalue weighted by Gasteiger charge is 2.14. The number of likely N-dealkylation sites (N-methyl/N-ethyl adjacent to an activating group) is 1. The number of carbonyl (C=O) groups excluding carboxylic acids is 1. The lowest BCUT2D eigenvalue weighted by Gasteiger charge is -2.11. The van der Waals surface area contributed by atoms with E-state index >= 15 is 0 Å². The molecule has 148 valence electrons. The predicted octanol–water partition coefficient (Wildman–Crippen LogP) is 3.19. The Hall–Kier alpha value is -3.45. The van der Waals surface area contributed by atoms with Crippen LogP contribution in [0.15, 0.2) is 59.4 Å². The second-order valence-corrected chi connectivity index (χ2v) is 7.23. The average molecular weight is 389 g/mol. The van der Waals surface area contributed by atoms with E-state index in [0.29, 0.717) is 23.5 Å². The molecule has 1 amide bonds. The smallest absolute Gasteiger partial charge is 0.251 e. The molecule has 4 rings (SSSR count). The van der Waals surface area contributed by atoms with Gasteiger partial charge in [-0.2, -0.15) is 5.10 Å². The van der Waals surface area contributed by atoms with Crippen molar-refractivity contribution >= 4 is 17.0 Å². The zero-order chi connectivity index (χ0) is 20.4. The summed E-state index contributed by atoms with van der Waals surface area (Å²) in [4.78, 5) is 18.9. The van der Waals surface area contributed by atoms with E-state index in [1.807, 2.05) is 68.6 Å². The van der Waals surface area contributed by atoms with Gasteiger partial charge in [0.1, 0.15) is 11.3 Å². The Morgan fingerprint density at radius 1 is 1.21 bits per heavy atom. The summed E-state index contributed by atoms with van der Waals surface area (Å²) in [5, 5.41) is 7.15. The largest absolute Gasteiger partial charge is 0.454 e. The number of carbonyl (C=O) groups is 1. The summed E-state index contributed by atoms with van der Waals surface area (Å²) in [7, 11) is 5.82. The number of aryl methyl sites for hydroxylation is 1. The molecule has 0 radical (unpaired) electrons. The third-order valence-corrected chi connectivity index (χ3v) is 4.68. The summed E-state index contributed by atoms with van der Waals surface area (Å²) in [5.41, 5.74) is 4.77. The van der Waals surface area contributed by atoms with Gasteiger partial charge in [0.15, 0.2) is 5.58 Å². The Labute approximate surface area is 169 Å². The molecule has 29 heavy (non-hydrogen) atoms. The molecule has 0 bridgehead atoms. The molecule has 0 saturated heterocycles. The van der Waals surface area contributed by atoms with Crippen molar-refractivity contribution < 1.29 is 9.21 Å². The Bertz CT molecular complexity index is 1160. The highest BCUT2D eigenvalue weighted by molar-refractivity contribution is 5.97. The third-order valence-electron chi connectivity index (χ3n) is 4.68. The molecule has 1 aromatic carbocycles. The lowest BCUT2D eigenvalue weighted by molar-refractivity contribution is 0.0951. The van der Waals surface area contributed by atoms with Crippen molar-refractivity contribution in [2.24, 2.45) is 7.05 Å². The van der Waals surface area contributed by atoms with Crippen LogP contribution in [0, 0.1) is 0 Å². The van der Waals surface area contributed by atoms with Crippen LogP contribution in [0.5, 0.6) is 0 Å². The van der Waals surface area contributed by atoms with Gasteiger partial charge in [-0.15, -0.1) is 0 Å². The maximum atomic E-state index is 12.5. The molecule has 3 aromatic heterocycles. The zero-order valence-electron chi connectivity index (χ0n) is 16.7. The minimum atomic E-state index is -0.0884. The number of fused-ring (bicyclic) bond motifs is 1. The lowest BCUT2D eigenvalue weighted by atomic mass is 10.0. The normalized spacial score (nSPS) is 11.3. The first-order valence-corrected chi connectivity index (χ1v) is 9.42. The highest BCUT2D eigenvalue weighted by atomic mass is 16.3. The van der Waals surface area contributed by atoms with Crippen LogP contribution in [-0.2, 0) is 7.05 Å². The van der Waals surface area contributed by atoms with E-state index in [9.17, 15) is 4.79 Å². The van der Waals surface area contributed by atoms with Gasteiger partial charge >= 0.3 is 0 Å². The highest BCUT2D eigenvalue weighted by Crippen LogP contribution is 2.33. The van der Waals surface area contributed by atoms with Crippen molar-refractivity contribution in [1.82, 2.24) is 25.0 Å². The summed E-state index contributed by atoms with van der Waals surface area (Å²) in [5.74, 6) is 0.625. The van der Waals surface area contributed by atoms with Crippen molar-refractivity contribution in [1.29, 1.82) is 0 Å². The van der Waals surface area contributed by atoms with E-state index in [-0.39, 0.29) is 5.91 Å². The topological polar surface area (TPSA) is 76.2 Å². The number of rotatable bonds is 6. The van der Waals surface area contributed by atoms with E-state index in [4.69, 9.17) is 4.42 Å². The standard InChI is InChI=1S/C22H23N5O2/c1-26(2)10-9-24-22(28)16-6-4-5-15(11-16)18-7-8-23-19-12-20(29-21(18)19)17-13-25-27(3)14-17/h4-8,11-14H,9-10H2,1-3H3,(H,24,28). The molecule has 4 aromatic rings. The van der Waals surface area contributed by atoms with Crippen LogP contribution in [0.1, 0.15) is 10.4 Å². The van der Waals surface area contributed by atoms with Gasteiger partial charge in [0.2, 0.25) is 0 Å². The molecule has 3 heterocycles. The van der Waals surface area contributed by atoms with Gasteiger partial charge in [0, 0.05) is 49.7 Å². The molecule has 0 aliphatic carbocycles. The average Bonchev–Trinajstić information content (AvgIpc) is 3.33. The first-order valence-electron chi connectivity index (χ1n) is 9.42. The lowest BCUT2D eigenvalue weighted by Crippen LogP contribution is -2.31. The molecule has 0 spiro atoms. The summed E-state index contributed by atoms with van der Waals surface area (Å²) in [6.45, 7) is 1.39. The van der Waals surface area contributed by atoms with E-state index in [0.717, 1.165) is 28.8 Å². The molecule has 7 nitrogen and oxygen atoms in total. The molecular formula is C22H23N5O2. The van der Waals surface area contributed by atoms with Crippen molar-refractivity contribution in [2.45, 2.75) is 0 Å². The summed E-state index contributed by atoms with van der Waals surface area (Å²) in [6, 6.07) is 11.4. The zero-order valence-corrected chi connectivity index (χ0v) is 16.7. The number of furan rings is 1. The van der Waals surface area contributed by atoms with Crippen LogP contribution in [0.3, 0.4) is 0 Å². The van der Waals surface area contributed by atoms with Crippen LogP contribution in [0.4, 0.5) is 0 Å². The van der Waals surface area contributed by atoms with Gasteiger partial charge in [-0.25, -0.2) is 0 Å². The number of nitrogens with zero attached hydrogens (tertiary/aromatic N) is 4. The molecule has 0 fully saturated rings. The fourth-order valence-electron chi connectivity index (χ4n) is 3.18. The fourth-order valence-corrected chi connectivity index (χ4v) is 3.18. The number of hydrogen-bond acceptors (Lipinski definition) is 5. The first-order chi connectivity index (χ1) is 14.0. The summed E-state index contributed by atoms with van der Waals surface area (Å²) in [6.07, 6.45) is 5.41. The minimum Gasteiger partial charge on any atom is -0.454 e.